The van der Waals surface area contributed by atoms with E-state index in [2.05, 4.69) is 0 Å². The van der Waals surface area contributed by atoms with Gasteiger partial charge in [0.25, 0.3) is 9.84 Å². The normalized spacial score (nSPS) is 14.5. The molecule has 23 heavy (non-hydrogen) atoms. The van der Waals surface area contributed by atoms with Gasteiger partial charge in [-0.2, -0.15) is 13.2 Å². The maximum atomic E-state index is 12.7. The third-order valence-electron chi connectivity index (χ3n) is 3.46. The highest BCUT2D eigenvalue weighted by molar-refractivity contribution is 7.92. The fourth-order valence-electron chi connectivity index (χ4n) is 2.28. The zero-order valence-electron chi connectivity index (χ0n) is 11.4. The van der Waals surface area contributed by atoms with Crippen LogP contribution in [0.25, 0.3) is 0 Å². The standard InChI is InChI=1S/C15H9F3O4S/c16-15(17,18)23(20,21)10-5-6-13-12(7-10)14(19)11-4-2-1-3-9(11)8-22-13/h1-7H,8H2. The Bertz CT molecular complexity index is 901. The fourth-order valence-corrected chi connectivity index (χ4v) is 3.07. The van der Waals surface area contributed by atoms with Crippen LogP contribution in [-0.2, 0) is 16.4 Å². The van der Waals surface area contributed by atoms with Crippen LogP contribution in [0.4, 0.5) is 13.2 Å². The Labute approximate surface area is 129 Å². The number of rotatable bonds is 1. The molecule has 0 saturated heterocycles. The molecule has 120 valence electrons. The van der Waals surface area contributed by atoms with E-state index >= 15 is 0 Å². The van der Waals surface area contributed by atoms with Crippen LogP contribution in [0.3, 0.4) is 0 Å². The zero-order valence-corrected chi connectivity index (χ0v) is 12.2. The number of hydrogen-bond acceptors (Lipinski definition) is 4. The lowest BCUT2D eigenvalue weighted by Crippen LogP contribution is -2.23. The number of benzene rings is 2. The first-order chi connectivity index (χ1) is 10.7. The van der Waals surface area contributed by atoms with Gasteiger partial charge in [0.15, 0.2) is 5.78 Å². The minimum Gasteiger partial charge on any atom is -0.488 e. The number of ketones is 1. The summed E-state index contributed by atoms with van der Waals surface area (Å²) in [7, 11) is -5.53. The lowest BCUT2D eigenvalue weighted by molar-refractivity contribution is -0.0436. The molecule has 1 aliphatic heterocycles. The van der Waals surface area contributed by atoms with Crippen molar-refractivity contribution in [3.8, 4) is 5.75 Å². The van der Waals surface area contributed by atoms with Crippen LogP contribution in [0.1, 0.15) is 21.5 Å². The van der Waals surface area contributed by atoms with Gasteiger partial charge in [0.05, 0.1) is 10.5 Å². The summed E-state index contributed by atoms with van der Waals surface area (Å²) in [6, 6.07) is 9.04. The lowest BCUT2D eigenvalue weighted by Gasteiger charge is -2.11. The van der Waals surface area contributed by atoms with E-state index < -0.39 is 26.0 Å². The highest BCUT2D eigenvalue weighted by Gasteiger charge is 2.47. The summed E-state index contributed by atoms with van der Waals surface area (Å²) < 4.78 is 66.4. The second-order valence-corrected chi connectivity index (χ2v) is 6.82. The third-order valence-corrected chi connectivity index (χ3v) is 4.94. The van der Waals surface area contributed by atoms with Gasteiger partial charge in [-0.3, -0.25) is 4.79 Å². The summed E-state index contributed by atoms with van der Waals surface area (Å²) in [5.41, 5.74) is -4.80. The van der Waals surface area contributed by atoms with Gasteiger partial charge in [-0.05, 0) is 18.2 Å². The van der Waals surface area contributed by atoms with Crippen molar-refractivity contribution in [2.24, 2.45) is 0 Å². The third kappa shape index (κ3) is 2.48. The predicted octanol–water partition coefficient (Wildman–Crippen LogP) is 3.10. The van der Waals surface area contributed by atoms with Crippen molar-refractivity contribution < 1.29 is 31.1 Å². The molecule has 0 atom stereocenters. The van der Waals surface area contributed by atoms with Crippen LogP contribution < -0.4 is 4.74 Å². The topological polar surface area (TPSA) is 60.4 Å². The Morgan fingerprint density at radius 1 is 1.00 bits per heavy atom. The van der Waals surface area contributed by atoms with Crippen LogP contribution in [0.15, 0.2) is 47.4 Å². The molecular formula is C15H9F3O4S. The first kappa shape index (κ1) is 15.5. The molecule has 8 heteroatoms. The van der Waals surface area contributed by atoms with Gasteiger partial charge in [0, 0.05) is 11.1 Å². The Kier molecular flexibility index (Phi) is 3.44. The second kappa shape index (κ2) is 5.09. The molecule has 0 aromatic heterocycles. The van der Waals surface area contributed by atoms with Crippen molar-refractivity contribution in [3.05, 3.63) is 59.2 Å². The Morgan fingerprint density at radius 2 is 1.70 bits per heavy atom. The molecule has 4 nitrogen and oxygen atoms in total. The maximum absolute atomic E-state index is 12.7. The Balaban J connectivity index is 2.17. The minimum atomic E-state index is -5.53. The average Bonchev–Trinajstić information content (AvgIpc) is 2.64. The molecule has 0 bridgehead atoms. The zero-order chi connectivity index (χ0) is 16.8. The SMILES string of the molecule is O=C1c2ccccc2COc2ccc(S(=O)(=O)C(F)(F)F)cc21. The van der Waals surface area contributed by atoms with Crippen LogP contribution in [0.5, 0.6) is 5.75 Å². The van der Waals surface area contributed by atoms with E-state index in [4.69, 9.17) is 4.74 Å². The molecule has 0 radical (unpaired) electrons. The summed E-state index contributed by atoms with van der Waals surface area (Å²) in [6.45, 7) is 0.0697. The molecule has 0 fully saturated rings. The highest BCUT2D eigenvalue weighted by Crippen LogP contribution is 2.35. The Morgan fingerprint density at radius 3 is 2.39 bits per heavy atom. The second-order valence-electron chi connectivity index (χ2n) is 4.88. The maximum Gasteiger partial charge on any atom is 0.501 e. The van der Waals surface area contributed by atoms with Crippen molar-refractivity contribution in [3.63, 3.8) is 0 Å². The molecule has 0 spiro atoms. The monoisotopic (exact) mass is 342 g/mol. The van der Waals surface area contributed by atoms with Crippen LogP contribution in [0, 0.1) is 0 Å². The molecule has 2 aromatic carbocycles. The van der Waals surface area contributed by atoms with E-state index in [0.717, 1.165) is 12.1 Å². The lowest BCUT2D eigenvalue weighted by atomic mass is 9.99. The number of sulfone groups is 1. The van der Waals surface area contributed by atoms with E-state index in [1.165, 1.54) is 6.07 Å². The highest BCUT2D eigenvalue weighted by atomic mass is 32.2. The number of halogens is 3. The molecule has 0 N–H and O–H groups in total. The first-order valence-corrected chi connectivity index (χ1v) is 7.91. The van der Waals surface area contributed by atoms with Gasteiger partial charge in [-0.1, -0.05) is 24.3 Å². The number of carbonyl (C=O) groups is 1. The number of fused-ring (bicyclic) bond motifs is 2. The largest absolute Gasteiger partial charge is 0.501 e. The van der Waals surface area contributed by atoms with Gasteiger partial charge in [-0.25, -0.2) is 8.42 Å². The summed E-state index contributed by atoms with van der Waals surface area (Å²) in [5, 5.41) is 0. The summed E-state index contributed by atoms with van der Waals surface area (Å²) in [4.78, 5) is 11.5. The predicted molar refractivity (Wildman–Crippen MR) is 73.9 cm³/mol. The molecular weight excluding hydrogens is 333 g/mol. The van der Waals surface area contributed by atoms with Crippen LogP contribution in [-0.4, -0.2) is 19.7 Å². The molecule has 0 aliphatic carbocycles. The quantitative estimate of drug-likeness (QED) is 0.799. The van der Waals surface area contributed by atoms with Crippen LogP contribution >= 0.6 is 0 Å². The molecule has 1 heterocycles. The van der Waals surface area contributed by atoms with Crippen molar-refractivity contribution in [1.82, 2.24) is 0 Å². The van der Waals surface area contributed by atoms with E-state index in [9.17, 15) is 26.4 Å². The Hall–Kier alpha value is -2.35. The fraction of sp³-hybridized carbons (Fsp3) is 0.133. The molecule has 0 unspecified atom stereocenters. The summed E-state index contributed by atoms with van der Waals surface area (Å²) >= 11 is 0. The number of hydrogen-bond donors (Lipinski definition) is 0. The molecule has 0 saturated carbocycles. The number of alkyl halides is 3. The van der Waals surface area contributed by atoms with E-state index in [0.29, 0.717) is 11.6 Å². The van der Waals surface area contributed by atoms with Gasteiger partial charge in [-0.15, -0.1) is 0 Å². The number of carbonyl (C=O) groups excluding carboxylic acids is 1. The molecule has 1 aliphatic rings. The van der Waals surface area contributed by atoms with Crippen molar-refractivity contribution in [1.29, 1.82) is 0 Å². The molecule has 0 amide bonds. The van der Waals surface area contributed by atoms with Crippen molar-refractivity contribution >= 4 is 15.6 Å². The minimum absolute atomic E-state index is 0.0484. The van der Waals surface area contributed by atoms with Gasteiger partial charge < -0.3 is 4.74 Å². The van der Waals surface area contributed by atoms with Gasteiger partial charge >= 0.3 is 5.51 Å². The van der Waals surface area contributed by atoms with Crippen LogP contribution in [0.2, 0.25) is 0 Å². The first-order valence-electron chi connectivity index (χ1n) is 6.42. The van der Waals surface area contributed by atoms with E-state index in [-0.39, 0.29) is 23.5 Å². The van der Waals surface area contributed by atoms with Crippen molar-refractivity contribution in [2.45, 2.75) is 17.0 Å². The van der Waals surface area contributed by atoms with Gasteiger partial charge in [0.2, 0.25) is 0 Å². The van der Waals surface area contributed by atoms with Crippen molar-refractivity contribution in [2.75, 3.05) is 0 Å². The summed E-state index contributed by atoms with van der Waals surface area (Å²) in [6.07, 6.45) is 0. The average molecular weight is 342 g/mol. The molecule has 3 rings (SSSR count). The molecule has 2 aromatic rings. The van der Waals surface area contributed by atoms with E-state index in [1.807, 2.05) is 0 Å². The van der Waals surface area contributed by atoms with E-state index in [1.54, 1.807) is 18.2 Å². The smallest absolute Gasteiger partial charge is 0.488 e. The summed E-state index contributed by atoms with van der Waals surface area (Å²) in [5.74, 6) is -0.528. The number of ether oxygens (including phenoxy) is 1. The van der Waals surface area contributed by atoms with Gasteiger partial charge in [0.1, 0.15) is 12.4 Å².